The van der Waals surface area contributed by atoms with E-state index >= 15 is 0 Å². The molecule has 1 aliphatic heterocycles. The predicted octanol–water partition coefficient (Wildman–Crippen LogP) is 3.58. The molecule has 2 heterocycles. The van der Waals surface area contributed by atoms with Crippen molar-refractivity contribution in [2.75, 3.05) is 22.9 Å². The summed E-state index contributed by atoms with van der Waals surface area (Å²) in [5.74, 6) is 0.0979. The standard InChI is InChI=1S/C28H35N5O3/c1-18-6-3-4-8-23(18)30-16-26(34)32-17-27(35)33(22-10-11-22)24-12-9-20(14-25(24)32)28(36)31-19(2)21-7-5-13-29-15-21/h5,7,9,12-15,18-19,22-23,30H,3-4,6,8,10-11,16-17H2,1-2H3,(H,31,36). The van der Waals surface area contributed by atoms with Gasteiger partial charge in [0.05, 0.1) is 24.0 Å². The molecule has 0 spiro atoms. The Labute approximate surface area is 212 Å². The fourth-order valence-electron chi connectivity index (χ4n) is 5.40. The van der Waals surface area contributed by atoms with Gasteiger partial charge in [0.2, 0.25) is 11.8 Å². The first kappa shape index (κ1) is 24.4. The Balaban J connectivity index is 1.37. The van der Waals surface area contributed by atoms with Gasteiger partial charge in [-0.05, 0) is 68.4 Å². The lowest BCUT2D eigenvalue weighted by Crippen LogP contribution is -2.52. The minimum absolute atomic E-state index is 0.00138. The van der Waals surface area contributed by atoms with Gasteiger partial charge in [0, 0.05) is 30.0 Å². The Morgan fingerprint density at radius 3 is 2.64 bits per heavy atom. The van der Waals surface area contributed by atoms with Crippen LogP contribution in [0.4, 0.5) is 11.4 Å². The molecule has 1 aromatic carbocycles. The highest BCUT2D eigenvalue weighted by molar-refractivity contribution is 6.13. The average Bonchev–Trinajstić information content (AvgIpc) is 3.73. The number of carbonyl (C=O) groups excluding carboxylic acids is 3. The second-order valence-electron chi connectivity index (χ2n) is 10.4. The van der Waals surface area contributed by atoms with Crippen molar-refractivity contribution in [3.63, 3.8) is 0 Å². The number of nitrogens with one attached hydrogen (secondary N) is 2. The summed E-state index contributed by atoms with van der Waals surface area (Å²) in [6, 6.07) is 9.34. The Morgan fingerprint density at radius 2 is 1.92 bits per heavy atom. The lowest BCUT2D eigenvalue weighted by Gasteiger charge is -2.37. The van der Waals surface area contributed by atoms with E-state index in [1.54, 1.807) is 29.4 Å². The summed E-state index contributed by atoms with van der Waals surface area (Å²) in [4.78, 5) is 47.1. The van der Waals surface area contributed by atoms with Gasteiger partial charge in [-0.15, -0.1) is 0 Å². The van der Waals surface area contributed by atoms with E-state index in [1.165, 1.54) is 19.3 Å². The molecular formula is C28H35N5O3. The van der Waals surface area contributed by atoms with Gasteiger partial charge in [0.15, 0.2) is 0 Å². The Bertz CT molecular complexity index is 1130. The number of anilines is 2. The number of benzene rings is 1. The number of fused-ring (bicyclic) bond motifs is 1. The van der Waals surface area contributed by atoms with Crippen molar-refractivity contribution < 1.29 is 14.4 Å². The summed E-state index contributed by atoms with van der Waals surface area (Å²) >= 11 is 0. The van der Waals surface area contributed by atoms with Crippen molar-refractivity contribution in [2.24, 2.45) is 5.92 Å². The van der Waals surface area contributed by atoms with Crippen LogP contribution in [0.5, 0.6) is 0 Å². The van der Waals surface area contributed by atoms with Crippen LogP contribution in [0.3, 0.4) is 0 Å². The van der Waals surface area contributed by atoms with E-state index in [2.05, 4.69) is 22.5 Å². The number of pyridine rings is 1. The van der Waals surface area contributed by atoms with Crippen LogP contribution in [0, 0.1) is 5.92 Å². The maximum absolute atomic E-state index is 13.4. The number of hydrogen-bond acceptors (Lipinski definition) is 5. The van der Waals surface area contributed by atoms with Crippen LogP contribution >= 0.6 is 0 Å². The molecular weight excluding hydrogens is 454 g/mol. The van der Waals surface area contributed by atoms with Gasteiger partial charge >= 0.3 is 0 Å². The highest BCUT2D eigenvalue weighted by Gasteiger charge is 2.41. The molecule has 8 heteroatoms. The molecule has 2 saturated carbocycles. The molecule has 2 aliphatic carbocycles. The number of aromatic nitrogens is 1. The van der Waals surface area contributed by atoms with Crippen LogP contribution in [-0.4, -0.2) is 47.9 Å². The lowest BCUT2D eigenvalue weighted by molar-refractivity contribution is -0.122. The van der Waals surface area contributed by atoms with Crippen LogP contribution in [0.1, 0.15) is 74.3 Å². The van der Waals surface area contributed by atoms with Gasteiger partial charge in [-0.1, -0.05) is 25.8 Å². The number of hydrogen-bond donors (Lipinski definition) is 2. The first-order valence-corrected chi connectivity index (χ1v) is 13.1. The van der Waals surface area contributed by atoms with Crippen LogP contribution in [0.25, 0.3) is 0 Å². The van der Waals surface area contributed by atoms with Crippen molar-refractivity contribution >= 4 is 29.1 Å². The summed E-state index contributed by atoms with van der Waals surface area (Å²) in [7, 11) is 0. The van der Waals surface area contributed by atoms with E-state index < -0.39 is 0 Å². The van der Waals surface area contributed by atoms with E-state index in [9.17, 15) is 14.4 Å². The summed E-state index contributed by atoms with van der Waals surface area (Å²) in [5.41, 5.74) is 2.71. The molecule has 8 nitrogen and oxygen atoms in total. The third-order valence-electron chi connectivity index (χ3n) is 7.72. The smallest absolute Gasteiger partial charge is 0.251 e. The SMILES string of the molecule is CC(NC(=O)c1ccc2c(c1)N(C(=O)CNC1CCCCC1C)CC(=O)N2C1CC1)c1cccnc1. The zero-order valence-electron chi connectivity index (χ0n) is 21.1. The lowest BCUT2D eigenvalue weighted by atomic mass is 9.86. The molecule has 3 amide bonds. The van der Waals surface area contributed by atoms with Gasteiger partial charge in [0.25, 0.3) is 5.91 Å². The van der Waals surface area contributed by atoms with E-state index in [0.29, 0.717) is 28.9 Å². The summed E-state index contributed by atoms with van der Waals surface area (Å²) in [6.45, 7) is 4.32. The Hall–Kier alpha value is -3.26. The number of nitrogens with zero attached hydrogens (tertiary/aromatic N) is 3. The van der Waals surface area contributed by atoms with Crippen molar-refractivity contribution in [3.8, 4) is 0 Å². The largest absolute Gasteiger partial charge is 0.345 e. The minimum atomic E-state index is -0.231. The first-order valence-electron chi connectivity index (χ1n) is 13.1. The Morgan fingerprint density at radius 1 is 1.11 bits per heavy atom. The average molecular weight is 490 g/mol. The molecule has 1 aromatic heterocycles. The van der Waals surface area contributed by atoms with Gasteiger partial charge in [0.1, 0.15) is 6.54 Å². The second kappa shape index (κ2) is 10.4. The zero-order chi connectivity index (χ0) is 25.2. The van der Waals surface area contributed by atoms with Gasteiger partial charge in [-0.2, -0.15) is 0 Å². The highest BCUT2D eigenvalue weighted by atomic mass is 16.2. The van der Waals surface area contributed by atoms with Gasteiger partial charge < -0.3 is 15.5 Å². The van der Waals surface area contributed by atoms with Crippen molar-refractivity contribution in [1.29, 1.82) is 0 Å². The van der Waals surface area contributed by atoms with E-state index in [1.807, 2.05) is 30.0 Å². The molecule has 3 aliphatic rings. The number of amides is 3. The minimum Gasteiger partial charge on any atom is -0.345 e. The van der Waals surface area contributed by atoms with Crippen LogP contribution in [0.2, 0.25) is 0 Å². The quantitative estimate of drug-likeness (QED) is 0.620. The van der Waals surface area contributed by atoms with E-state index in [-0.39, 0.29) is 42.9 Å². The fraction of sp³-hybridized carbons (Fsp3) is 0.500. The van der Waals surface area contributed by atoms with Crippen LogP contribution in [0.15, 0.2) is 42.7 Å². The maximum atomic E-state index is 13.4. The Kier molecular flexibility index (Phi) is 7.05. The van der Waals surface area contributed by atoms with Gasteiger partial charge in [-0.25, -0.2) is 0 Å². The van der Waals surface area contributed by atoms with E-state index in [4.69, 9.17) is 0 Å². The molecule has 0 bridgehead atoms. The normalized spacial score (nSPS) is 22.7. The molecule has 3 atom stereocenters. The molecule has 3 unspecified atom stereocenters. The molecule has 36 heavy (non-hydrogen) atoms. The second-order valence-corrected chi connectivity index (χ2v) is 10.4. The third-order valence-corrected chi connectivity index (χ3v) is 7.72. The van der Waals surface area contributed by atoms with Crippen LogP contribution in [-0.2, 0) is 9.59 Å². The molecule has 2 N–H and O–H groups in total. The third kappa shape index (κ3) is 5.14. The van der Waals surface area contributed by atoms with Crippen molar-refractivity contribution in [3.05, 3.63) is 53.9 Å². The highest BCUT2D eigenvalue weighted by Crippen LogP contribution is 2.41. The molecule has 2 fully saturated rings. The molecule has 0 saturated heterocycles. The maximum Gasteiger partial charge on any atom is 0.251 e. The van der Waals surface area contributed by atoms with Crippen molar-refractivity contribution in [1.82, 2.24) is 15.6 Å². The van der Waals surface area contributed by atoms with Crippen LogP contribution < -0.4 is 20.4 Å². The summed E-state index contributed by atoms with van der Waals surface area (Å²) in [6.07, 6.45) is 10.0. The number of carbonyl (C=O) groups is 3. The molecule has 2 aromatic rings. The predicted molar refractivity (Wildman–Crippen MR) is 139 cm³/mol. The van der Waals surface area contributed by atoms with Crippen molar-refractivity contribution in [2.45, 2.75) is 70.5 Å². The first-order chi connectivity index (χ1) is 17.4. The monoisotopic (exact) mass is 489 g/mol. The molecule has 0 radical (unpaired) electrons. The fourth-order valence-corrected chi connectivity index (χ4v) is 5.40. The number of rotatable bonds is 7. The van der Waals surface area contributed by atoms with E-state index in [0.717, 1.165) is 24.8 Å². The molecule has 190 valence electrons. The topological polar surface area (TPSA) is 94.6 Å². The summed E-state index contributed by atoms with van der Waals surface area (Å²) in [5, 5.41) is 6.46. The molecule has 5 rings (SSSR count). The zero-order valence-corrected chi connectivity index (χ0v) is 21.1. The summed E-state index contributed by atoms with van der Waals surface area (Å²) < 4.78 is 0. The van der Waals surface area contributed by atoms with Gasteiger partial charge in [-0.3, -0.25) is 24.3 Å².